The summed E-state index contributed by atoms with van der Waals surface area (Å²) in [6.07, 6.45) is -0.255. The normalized spacial score (nSPS) is 16.7. The van der Waals surface area contributed by atoms with Crippen LogP contribution < -0.4 is 0 Å². The monoisotopic (exact) mass is 372 g/mol. The predicted octanol–water partition coefficient (Wildman–Crippen LogP) is 3.64. The number of carbonyl (C=O) groups is 1. The van der Waals surface area contributed by atoms with Crippen LogP contribution in [-0.2, 0) is 11.3 Å². The summed E-state index contributed by atoms with van der Waals surface area (Å²) < 4.78 is 19.3. The second-order valence-electron chi connectivity index (χ2n) is 6.48. The van der Waals surface area contributed by atoms with Crippen LogP contribution in [-0.4, -0.2) is 47.7 Å². The maximum absolute atomic E-state index is 13.1. The van der Waals surface area contributed by atoms with E-state index in [9.17, 15) is 9.18 Å². The van der Waals surface area contributed by atoms with Crippen molar-refractivity contribution in [2.75, 3.05) is 26.2 Å². The van der Waals surface area contributed by atoms with Gasteiger partial charge in [-0.3, -0.25) is 4.90 Å². The summed E-state index contributed by atoms with van der Waals surface area (Å²) in [5.74, 6) is -0.245. The second-order valence-corrected chi connectivity index (χ2v) is 7.33. The Kier molecular flexibility index (Phi) is 5.45. The zero-order chi connectivity index (χ0) is 16.3. The number of halogens is 2. The largest absolute Gasteiger partial charge is 0.444 e. The maximum atomic E-state index is 13.1. The van der Waals surface area contributed by atoms with Crippen molar-refractivity contribution in [1.82, 2.24) is 9.80 Å². The fourth-order valence-electron chi connectivity index (χ4n) is 2.31. The Labute approximate surface area is 139 Å². The Balaban J connectivity index is 1.86. The van der Waals surface area contributed by atoms with E-state index in [1.54, 1.807) is 11.0 Å². The van der Waals surface area contributed by atoms with E-state index in [0.717, 1.165) is 29.7 Å². The lowest BCUT2D eigenvalue weighted by atomic mass is 10.2. The van der Waals surface area contributed by atoms with Gasteiger partial charge in [-0.05, 0) is 38.5 Å². The molecule has 0 spiro atoms. The van der Waals surface area contributed by atoms with Gasteiger partial charge in [-0.1, -0.05) is 22.0 Å². The van der Waals surface area contributed by atoms with Gasteiger partial charge >= 0.3 is 6.09 Å². The Bertz CT molecular complexity index is 537. The first-order valence-electron chi connectivity index (χ1n) is 7.39. The second kappa shape index (κ2) is 6.96. The van der Waals surface area contributed by atoms with Crippen molar-refractivity contribution >= 4 is 22.0 Å². The summed E-state index contributed by atoms with van der Waals surface area (Å²) in [4.78, 5) is 16.0. The quantitative estimate of drug-likeness (QED) is 0.794. The zero-order valence-corrected chi connectivity index (χ0v) is 14.8. The minimum Gasteiger partial charge on any atom is -0.444 e. The third-order valence-electron chi connectivity index (χ3n) is 3.43. The van der Waals surface area contributed by atoms with E-state index in [1.807, 2.05) is 20.8 Å². The standard InChI is InChI=1S/C16H22BrFN2O2/c1-16(2,3)22-15(21)20-8-6-19(7-9-20)11-12-4-5-13(18)10-14(12)17/h4-5,10H,6-9,11H2,1-3H3. The van der Waals surface area contributed by atoms with Gasteiger partial charge < -0.3 is 9.64 Å². The summed E-state index contributed by atoms with van der Waals surface area (Å²) in [5.41, 5.74) is 0.583. The van der Waals surface area contributed by atoms with Crippen LogP contribution in [0.1, 0.15) is 26.3 Å². The lowest BCUT2D eigenvalue weighted by Crippen LogP contribution is -2.49. The van der Waals surface area contributed by atoms with Crippen LogP contribution in [0.5, 0.6) is 0 Å². The molecule has 0 unspecified atom stereocenters. The summed E-state index contributed by atoms with van der Waals surface area (Å²) in [7, 11) is 0. The smallest absolute Gasteiger partial charge is 0.410 e. The molecular weight excluding hydrogens is 351 g/mol. The van der Waals surface area contributed by atoms with Gasteiger partial charge in [-0.15, -0.1) is 0 Å². The van der Waals surface area contributed by atoms with Crippen molar-refractivity contribution in [3.8, 4) is 0 Å². The average Bonchev–Trinajstić information content (AvgIpc) is 2.41. The average molecular weight is 373 g/mol. The molecule has 0 radical (unpaired) electrons. The highest BCUT2D eigenvalue weighted by Crippen LogP contribution is 2.20. The number of ether oxygens (including phenoxy) is 1. The van der Waals surface area contributed by atoms with Crippen molar-refractivity contribution in [2.24, 2.45) is 0 Å². The number of hydrogen-bond donors (Lipinski definition) is 0. The molecule has 0 saturated carbocycles. The third-order valence-corrected chi connectivity index (χ3v) is 4.17. The lowest BCUT2D eigenvalue weighted by molar-refractivity contribution is 0.0139. The van der Waals surface area contributed by atoms with E-state index in [4.69, 9.17) is 4.74 Å². The van der Waals surface area contributed by atoms with E-state index in [0.29, 0.717) is 13.1 Å². The van der Waals surface area contributed by atoms with E-state index in [1.165, 1.54) is 12.1 Å². The van der Waals surface area contributed by atoms with E-state index in [-0.39, 0.29) is 11.9 Å². The van der Waals surface area contributed by atoms with Gasteiger partial charge in [0.05, 0.1) is 0 Å². The molecule has 0 bridgehead atoms. The molecule has 0 N–H and O–H groups in total. The minimum absolute atomic E-state index is 0.245. The molecule has 22 heavy (non-hydrogen) atoms. The summed E-state index contributed by atoms with van der Waals surface area (Å²) in [5, 5.41) is 0. The number of carbonyl (C=O) groups excluding carboxylic acids is 1. The van der Waals surface area contributed by atoms with Crippen LogP contribution in [0.15, 0.2) is 22.7 Å². The molecule has 1 amide bonds. The van der Waals surface area contributed by atoms with Gasteiger partial charge in [0.25, 0.3) is 0 Å². The minimum atomic E-state index is -0.465. The highest BCUT2D eigenvalue weighted by atomic mass is 79.9. The fraction of sp³-hybridized carbons (Fsp3) is 0.562. The number of piperazine rings is 1. The molecule has 2 rings (SSSR count). The van der Waals surface area contributed by atoms with Crippen molar-refractivity contribution < 1.29 is 13.9 Å². The van der Waals surface area contributed by atoms with Crippen molar-refractivity contribution in [3.05, 3.63) is 34.1 Å². The first-order valence-corrected chi connectivity index (χ1v) is 8.18. The molecule has 0 atom stereocenters. The van der Waals surface area contributed by atoms with Crippen LogP contribution in [0.2, 0.25) is 0 Å². The molecule has 1 aromatic rings. The molecule has 6 heteroatoms. The zero-order valence-electron chi connectivity index (χ0n) is 13.2. The molecule has 1 fully saturated rings. The maximum Gasteiger partial charge on any atom is 0.410 e. The first-order chi connectivity index (χ1) is 10.2. The molecule has 1 saturated heterocycles. The van der Waals surface area contributed by atoms with E-state index >= 15 is 0 Å². The fourth-order valence-corrected chi connectivity index (χ4v) is 2.78. The number of benzene rings is 1. The summed E-state index contributed by atoms with van der Waals surface area (Å²) in [6, 6.07) is 4.74. The van der Waals surface area contributed by atoms with Gasteiger partial charge in [-0.25, -0.2) is 9.18 Å². The van der Waals surface area contributed by atoms with Crippen LogP contribution in [0.25, 0.3) is 0 Å². The van der Waals surface area contributed by atoms with Crippen LogP contribution in [0.3, 0.4) is 0 Å². The van der Waals surface area contributed by atoms with Crippen molar-refractivity contribution in [3.63, 3.8) is 0 Å². The molecule has 0 aromatic heterocycles. The molecule has 4 nitrogen and oxygen atoms in total. The molecular formula is C16H22BrFN2O2. The lowest BCUT2D eigenvalue weighted by Gasteiger charge is -2.35. The highest BCUT2D eigenvalue weighted by molar-refractivity contribution is 9.10. The van der Waals surface area contributed by atoms with E-state index in [2.05, 4.69) is 20.8 Å². The van der Waals surface area contributed by atoms with Gasteiger partial charge in [0.1, 0.15) is 11.4 Å². The number of amides is 1. The van der Waals surface area contributed by atoms with Gasteiger partial charge in [0, 0.05) is 37.2 Å². The number of hydrogen-bond acceptors (Lipinski definition) is 3. The molecule has 1 aromatic carbocycles. The molecule has 122 valence electrons. The highest BCUT2D eigenvalue weighted by Gasteiger charge is 2.25. The Morgan fingerprint density at radius 2 is 1.91 bits per heavy atom. The molecule has 0 aliphatic carbocycles. The van der Waals surface area contributed by atoms with Crippen LogP contribution in [0.4, 0.5) is 9.18 Å². The topological polar surface area (TPSA) is 32.8 Å². The van der Waals surface area contributed by atoms with Crippen LogP contribution in [0, 0.1) is 5.82 Å². The molecule has 1 aliphatic rings. The van der Waals surface area contributed by atoms with Gasteiger partial charge in [-0.2, -0.15) is 0 Å². The van der Waals surface area contributed by atoms with Gasteiger partial charge in [0.15, 0.2) is 0 Å². The molecule has 1 heterocycles. The SMILES string of the molecule is CC(C)(C)OC(=O)N1CCN(Cc2ccc(F)cc2Br)CC1. The summed E-state index contributed by atoms with van der Waals surface area (Å²) >= 11 is 3.39. The predicted molar refractivity (Wildman–Crippen MR) is 87.2 cm³/mol. The summed E-state index contributed by atoms with van der Waals surface area (Å²) in [6.45, 7) is 9.20. The third kappa shape index (κ3) is 4.95. The van der Waals surface area contributed by atoms with Crippen LogP contribution >= 0.6 is 15.9 Å². The first kappa shape index (κ1) is 17.2. The van der Waals surface area contributed by atoms with Crippen molar-refractivity contribution in [2.45, 2.75) is 32.9 Å². The Hall–Kier alpha value is -1.14. The number of rotatable bonds is 2. The van der Waals surface area contributed by atoms with E-state index < -0.39 is 5.60 Å². The van der Waals surface area contributed by atoms with Gasteiger partial charge in [0.2, 0.25) is 0 Å². The Morgan fingerprint density at radius 1 is 1.27 bits per heavy atom. The van der Waals surface area contributed by atoms with Crippen molar-refractivity contribution in [1.29, 1.82) is 0 Å². The molecule has 1 aliphatic heterocycles. The number of nitrogens with zero attached hydrogens (tertiary/aromatic N) is 2. The Morgan fingerprint density at radius 3 is 2.45 bits per heavy atom.